The molecule has 1 nitrogen and oxygen atoms in total. The number of aromatic nitrogens is 1. The first kappa shape index (κ1) is 13.0. The Kier molecular flexibility index (Phi) is 4.25. The van der Waals surface area contributed by atoms with E-state index >= 15 is 0 Å². The molecule has 0 aliphatic heterocycles. The van der Waals surface area contributed by atoms with E-state index < -0.39 is 17.8 Å². The maximum absolute atomic E-state index is 13.0. The smallest absolute Gasteiger partial charge is 0.247 e. The summed E-state index contributed by atoms with van der Waals surface area (Å²) in [7, 11) is 0. The van der Waals surface area contributed by atoms with Crippen LogP contribution in [-0.4, -0.2) is 4.98 Å². The molecular weight excluding hydrogens is 259 g/mol. The molecule has 1 aromatic carbocycles. The molecule has 0 saturated heterocycles. The molecule has 18 heavy (non-hydrogen) atoms. The Bertz CT molecular complexity index is 517. The lowest BCUT2D eigenvalue weighted by molar-refractivity contribution is 0.145. The fourth-order valence-electron chi connectivity index (χ4n) is 1.41. The van der Waals surface area contributed by atoms with E-state index in [0.717, 1.165) is 17.8 Å². The summed E-state index contributed by atoms with van der Waals surface area (Å²) in [4.78, 5) is 3.79. The molecule has 1 heterocycles. The third-order valence-electron chi connectivity index (χ3n) is 2.32. The van der Waals surface area contributed by atoms with Crippen molar-refractivity contribution < 1.29 is 13.2 Å². The number of hydrogen-bond acceptors (Lipinski definition) is 2. The quantitative estimate of drug-likeness (QED) is 0.760. The van der Waals surface area contributed by atoms with Gasteiger partial charge in [0.15, 0.2) is 0 Å². The normalized spacial score (nSPS) is 10.9. The van der Waals surface area contributed by atoms with Crippen LogP contribution in [0.2, 0.25) is 0 Å². The largest absolute Gasteiger partial charge is 0.266 e. The molecule has 1 aromatic heterocycles. The average Bonchev–Trinajstić information content (AvgIpc) is 2.38. The van der Waals surface area contributed by atoms with Gasteiger partial charge in [-0.2, -0.15) is 0 Å². The summed E-state index contributed by atoms with van der Waals surface area (Å²) >= 11 is 1.30. The molecular formula is C13H10F3NS. The molecule has 0 saturated carbocycles. The highest BCUT2D eigenvalue weighted by Crippen LogP contribution is 2.27. The third kappa shape index (κ3) is 3.26. The van der Waals surface area contributed by atoms with Crippen LogP contribution in [0.1, 0.15) is 17.6 Å². The molecule has 2 aromatic rings. The molecule has 0 radical (unpaired) electrons. The molecule has 2 rings (SSSR count). The van der Waals surface area contributed by atoms with Crippen molar-refractivity contribution in [1.29, 1.82) is 0 Å². The molecule has 94 valence electrons. The van der Waals surface area contributed by atoms with Gasteiger partial charge in [0.25, 0.3) is 6.43 Å². The SMILES string of the molecule is Fc1cnc(SCc2ccccc2)cc1C(F)F. The van der Waals surface area contributed by atoms with Crippen LogP contribution >= 0.6 is 11.8 Å². The minimum atomic E-state index is -2.82. The van der Waals surface area contributed by atoms with Crippen molar-refractivity contribution in [2.75, 3.05) is 0 Å². The van der Waals surface area contributed by atoms with Gasteiger partial charge >= 0.3 is 0 Å². The summed E-state index contributed by atoms with van der Waals surface area (Å²) in [5.41, 5.74) is 0.466. The van der Waals surface area contributed by atoms with Crippen LogP contribution in [0.5, 0.6) is 0 Å². The van der Waals surface area contributed by atoms with E-state index in [-0.39, 0.29) is 0 Å². The van der Waals surface area contributed by atoms with Crippen LogP contribution in [0.15, 0.2) is 47.6 Å². The Morgan fingerprint density at radius 3 is 2.56 bits per heavy atom. The summed E-state index contributed by atoms with van der Waals surface area (Å²) in [5, 5.41) is 0.399. The van der Waals surface area contributed by atoms with Gasteiger partial charge in [-0.25, -0.2) is 18.2 Å². The van der Waals surface area contributed by atoms with Gasteiger partial charge in [0, 0.05) is 5.75 Å². The maximum atomic E-state index is 13.0. The van der Waals surface area contributed by atoms with Gasteiger partial charge in [-0.05, 0) is 11.6 Å². The van der Waals surface area contributed by atoms with Crippen LogP contribution in [-0.2, 0) is 5.75 Å². The molecule has 0 amide bonds. The highest BCUT2D eigenvalue weighted by atomic mass is 32.2. The fourth-order valence-corrected chi connectivity index (χ4v) is 2.26. The van der Waals surface area contributed by atoms with Crippen LogP contribution in [0.25, 0.3) is 0 Å². The van der Waals surface area contributed by atoms with E-state index in [9.17, 15) is 13.2 Å². The van der Waals surface area contributed by atoms with Crippen molar-refractivity contribution in [2.45, 2.75) is 17.2 Å². The fraction of sp³-hybridized carbons (Fsp3) is 0.154. The number of thioether (sulfide) groups is 1. The van der Waals surface area contributed by atoms with Gasteiger partial charge in [0.1, 0.15) is 5.82 Å². The number of alkyl halides is 2. The molecule has 0 aliphatic rings. The van der Waals surface area contributed by atoms with E-state index in [1.54, 1.807) is 0 Å². The van der Waals surface area contributed by atoms with Gasteiger partial charge in [-0.1, -0.05) is 30.3 Å². The van der Waals surface area contributed by atoms with Gasteiger partial charge in [0.2, 0.25) is 0 Å². The van der Waals surface area contributed by atoms with Crippen molar-refractivity contribution in [3.8, 4) is 0 Å². The number of nitrogens with zero attached hydrogens (tertiary/aromatic N) is 1. The number of halogens is 3. The van der Waals surface area contributed by atoms with Gasteiger partial charge in [0.05, 0.1) is 16.8 Å². The minimum Gasteiger partial charge on any atom is -0.247 e. The highest BCUT2D eigenvalue weighted by Gasteiger charge is 2.14. The zero-order valence-corrected chi connectivity index (χ0v) is 10.1. The second-order valence-corrected chi connectivity index (χ2v) is 4.61. The third-order valence-corrected chi connectivity index (χ3v) is 3.32. The van der Waals surface area contributed by atoms with Crippen molar-refractivity contribution in [1.82, 2.24) is 4.98 Å². The van der Waals surface area contributed by atoms with Crippen LogP contribution in [0.3, 0.4) is 0 Å². The lowest BCUT2D eigenvalue weighted by atomic mass is 10.2. The zero-order valence-electron chi connectivity index (χ0n) is 9.32. The molecule has 0 spiro atoms. The second-order valence-electron chi connectivity index (χ2n) is 3.62. The Morgan fingerprint density at radius 1 is 1.17 bits per heavy atom. The summed E-state index contributed by atoms with van der Waals surface area (Å²) in [6.07, 6.45) is -1.97. The highest BCUT2D eigenvalue weighted by molar-refractivity contribution is 7.98. The molecule has 0 bridgehead atoms. The molecule has 0 fully saturated rings. The molecule has 0 unspecified atom stereocenters. The van der Waals surface area contributed by atoms with Crippen LogP contribution in [0.4, 0.5) is 13.2 Å². The van der Waals surface area contributed by atoms with E-state index in [1.165, 1.54) is 11.8 Å². The molecule has 0 atom stereocenters. The lowest BCUT2D eigenvalue weighted by Gasteiger charge is -2.05. The zero-order chi connectivity index (χ0) is 13.0. The van der Waals surface area contributed by atoms with Crippen molar-refractivity contribution in [3.05, 3.63) is 59.5 Å². The summed E-state index contributed by atoms with van der Waals surface area (Å²) in [5.74, 6) is -0.351. The van der Waals surface area contributed by atoms with E-state index in [2.05, 4.69) is 4.98 Å². The van der Waals surface area contributed by atoms with Crippen molar-refractivity contribution in [2.24, 2.45) is 0 Å². The number of benzene rings is 1. The van der Waals surface area contributed by atoms with Crippen LogP contribution < -0.4 is 0 Å². The summed E-state index contributed by atoms with van der Waals surface area (Å²) in [6.45, 7) is 0. The Balaban J connectivity index is 2.08. The summed E-state index contributed by atoms with van der Waals surface area (Å²) < 4.78 is 38.0. The molecule has 0 N–H and O–H groups in total. The van der Waals surface area contributed by atoms with Crippen molar-refractivity contribution >= 4 is 11.8 Å². The standard InChI is InChI=1S/C13H10F3NS/c14-11-7-17-12(6-10(11)13(15)16)18-8-9-4-2-1-3-5-9/h1-7,13H,8H2. The van der Waals surface area contributed by atoms with Crippen molar-refractivity contribution in [3.63, 3.8) is 0 Å². The molecule has 5 heteroatoms. The Morgan fingerprint density at radius 2 is 1.89 bits per heavy atom. The van der Waals surface area contributed by atoms with Crippen LogP contribution in [0, 0.1) is 5.82 Å². The minimum absolute atomic E-state index is 0.399. The predicted octanol–water partition coefficient (Wildman–Crippen LogP) is 4.45. The van der Waals surface area contributed by atoms with Gasteiger partial charge < -0.3 is 0 Å². The average molecular weight is 269 g/mol. The van der Waals surface area contributed by atoms with Gasteiger partial charge in [-0.15, -0.1) is 11.8 Å². The number of hydrogen-bond donors (Lipinski definition) is 0. The predicted molar refractivity (Wildman–Crippen MR) is 65.2 cm³/mol. The Labute approximate surface area is 107 Å². The second kappa shape index (κ2) is 5.91. The number of pyridine rings is 1. The molecule has 0 aliphatic carbocycles. The first-order valence-corrected chi connectivity index (χ1v) is 6.25. The Hall–Kier alpha value is -1.49. The monoisotopic (exact) mass is 269 g/mol. The first-order valence-electron chi connectivity index (χ1n) is 5.27. The topological polar surface area (TPSA) is 12.9 Å². The van der Waals surface area contributed by atoms with Gasteiger partial charge in [-0.3, -0.25) is 0 Å². The van der Waals surface area contributed by atoms with E-state index in [0.29, 0.717) is 10.8 Å². The maximum Gasteiger partial charge on any atom is 0.266 e. The summed E-state index contributed by atoms with van der Waals surface area (Å²) in [6, 6.07) is 10.7. The first-order chi connectivity index (χ1) is 8.66. The number of rotatable bonds is 4. The van der Waals surface area contributed by atoms with E-state index in [4.69, 9.17) is 0 Å². The lowest BCUT2D eigenvalue weighted by Crippen LogP contribution is -1.94. The van der Waals surface area contributed by atoms with E-state index in [1.807, 2.05) is 30.3 Å².